The van der Waals surface area contributed by atoms with Crippen molar-refractivity contribution in [3.05, 3.63) is 25.4 Å². The molecule has 0 aliphatic heterocycles. The summed E-state index contributed by atoms with van der Waals surface area (Å²) in [5, 5.41) is 6.19. The molecule has 0 saturated carbocycles. The maximum absolute atomic E-state index is 11.0. The van der Waals surface area contributed by atoms with Gasteiger partial charge in [0.25, 0.3) is 5.56 Å². The molecule has 0 spiro atoms. The maximum atomic E-state index is 11.0. The molecule has 0 amide bonds. The molecule has 2 aromatic heterocycles. The van der Waals surface area contributed by atoms with E-state index in [1.54, 1.807) is 0 Å². The molecule has 0 aromatic carbocycles. The average Bonchev–Trinajstić information content (AvgIpc) is 2.33. The van der Waals surface area contributed by atoms with Gasteiger partial charge in [-0.1, -0.05) is 0 Å². The molecule has 0 bridgehead atoms. The van der Waals surface area contributed by atoms with Gasteiger partial charge in [-0.25, -0.2) is 4.79 Å². The summed E-state index contributed by atoms with van der Waals surface area (Å²) in [5.74, 6) is 0. The highest BCUT2D eigenvalue weighted by atomic mass is 79.9. The average molecular weight is 231 g/mol. The van der Waals surface area contributed by atoms with Gasteiger partial charge in [0, 0.05) is 0 Å². The van der Waals surface area contributed by atoms with Crippen LogP contribution in [0.4, 0.5) is 0 Å². The van der Waals surface area contributed by atoms with Gasteiger partial charge >= 0.3 is 5.69 Å². The molecule has 0 aliphatic carbocycles. The summed E-state index contributed by atoms with van der Waals surface area (Å²) < 4.78 is 0.487. The fraction of sp³-hybridized carbons (Fsp3) is 0. The lowest BCUT2D eigenvalue weighted by atomic mass is 10.5. The molecular formula is C5H3BrN4O2. The molecule has 12 heavy (non-hydrogen) atoms. The number of nitrogens with zero attached hydrogens (tertiary/aromatic N) is 1. The third-order valence-corrected chi connectivity index (χ3v) is 1.98. The maximum Gasteiger partial charge on any atom is 0.326 e. The largest absolute Gasteiger partial charge is 0.326 e. The summed E-state index contributed by atoms with van der Waals surface area (Å²) in [4.78, 5) is 26.3. The van der Waals surface area contributed by atoms with Gasteiger partial charge in [0.15, 0.2) is 5.52 Å². The van der Waals surface area contributed by atoms with E-state index in [0.29, 0.717) is 10.1 Å². The Balaban J connectivity index is 3.13. The molecule has 0 fully saturated rings. The number of aromatic nitrogens is 4. The Morgan fingerprint density at radius 2 is 2.00 bits per heavy atom. The number of fused-ring (bicyclic) bond motifs is 1. The van der Waals surface area contributed by atoms with Crippen molar-refractivity contribution >= 4 is 27.0 Å². The number of halogens is 1. The highest BCUT2D eigenvalue weighted by molar-refractivity contribution is 9.10. The van der Waals surface area contributed by atoms with Crippen LogP contribution >= 0.6 is 15.9 Å². The Labute approximate surface area is 73.1 Å². The molecule has 7 heteroatoms. The summed E-state index contributed by atoms with van der Waals surface area (Å²) in [5.41, 5.74) is -0.490. The van der Waals surface area contributed by atoms with Crippen molar-refractivity contribution < 1.29 is 0 Å². The van der Waals surface area contributed by atoms with Crippen LogP contribution in [0.2, 0.25) is 0 Å². The van der Waals surface area contributed by atoms with Crippen LogP contribution in [-0.2, 0) is 0 Å². The second kappa shape index (κ2) is 2.31. The van der Waals surface area contributed by atoms with E-state index in [1.165, 1.54) is 0 Å². The van der Waals surface area contributed by atoms with Crippen LogP contribution in [0, 0.1) is 0 Å². The van der Waals surface area contributed by atoms with Crippen molar-refractivity contribution in [2.75, 3.05) is 0 Å². The summed E-state index contributed by atoms with van der Waals surface area (Å²) in [6, 6.07) is 0. The van der Waals surface area contributed by atoms with Crippen LogP contribution in [0.5, 0.6) is 0 Å². The minimum Gasteiger partial charge on any atom is -0.303 e. The Hall–Kier alpha value is -1.37. The van der Waals surface area contributed by atoms with Crippen molar-refractivity contribution in [1.82, 2.24) is 20.2 Å². The lowest BCUT2D eigenvalue weighted by molar-refractivity contribution is 1.06. The fourth-order valence-electron chi connectivity index (χ4n) is 0.906. The van der Waals surface area contributed by atoms with Gasteiger partial charge < -0.3 is 4.98 Å². The van der Waals surface area contributed by atoms with E-state index in [-0.39, 0.29) is 5.52 Å². The molecule has 62 valence electrons. The Kier molecular flexibility index (Phi) is 1.40. The molecule has 2 heterocycles. The summed E-state index contributed by atoms with van der Waals surface area (Å²) in [7, 11) is 0. The topological polar surface area (TPSA) is 94.4 Å². The van der Waals surface area contributed by atoms with Crippen LogP contribution in [0.25, 0.3) is 11.0 Å². The molecule has 0 radical (unpaired) electrons. The second-order valence-electron chi connectivity index (χ2n) is 2.17. The summed E-state index contributed by atoms with van der Waals surface area (Å²) in [6.07, 6.45) is 0. The van der Waals surface area contributed by atoms with Gasteiger partial charge in [0.2, 0.25) is 0 Å². The van der Waals surface area contributed by atoms with E-state index in [1.807, 2.05) is 0 Å². The van der Waals surface area contributed by atoms with Gasteiger partial charge in [0.1, 0.15) is 10.1 Å². The minimum absolute atomic E-state index is 0.182. The predicted molar refractivity (Wildman–Crippen MR) is 45.0 cm³/mol. The molecule has 0 atom stereocenters. The van der Waals surface area contributed by atoms with E-state index in [0.717, 1.165) is 0 Å². The van der Waals surface area contributed by atoms with E-state index in [9.17, 15) is 9.59 Å². The number of aromatic amines is 3. The lowest BCUT2D eigenvalue weighted by Crippen LogP contribution is -2.21. The zero-order chi connectivity index (χ0) is 8.72. The number of hydrogen-bond donors (Lipinski definition) is 3. The van der Waals surface area contributed by atoms with Gasteiger partial charge in [-0.3, -0.25) is 14.9 Å². The van der Waals surface area contributed by atoms with Gasteiger partial charge in [-0.2, -0.15) is 5.10 Å². The molecule has 2 rings (SSSR count). The molecular weight excluding hydrogens is 228 g/mol. The third kappa shape index (κ3) is 0.900. The first-order valence-corrected chi connectivity index (χ1v) is 3.84. The molecule has 0 aliphatic rings. The fourth-order valence-corrected chi connectivity index (χ4v) is 1.28. The van der Waals surface area contributed by atoms with Gasteiger partial charge in [0.05, 0.1) is 0 Å². The Bertz CT molecular complexity index is 536. The van der Waals surface area contributed by atoms with Crippen LogP contribution in [0.15, 0.2) is 14.2 Å². The second-order valence-corrected chi connectivity index (χ2v) is 2.96. The molecule has 6 nitrogen and oxygen atoms in total. The van der Waals surface area contributed by atoms with E-state index in [2.05, 4.69) is 36.1 Å². The molecule has 0 saturated heterocycles. The first-order chi connectivity index (χ1) is 5.68. The Morgan fingerprint density at radius 1 is 1.25 bits per heavy atom. The third-order valence-electron chi connectivity index (χ3n) is 1.40. The number of rotatable bonds is 0. The minimum atomic E-state index is -0.547. The van der Waals surface area contributed by atoms with E-state index in [4.69, 9.17) is 0 Å². The van der Waals surface area contributed by atoms with E-state index >= 15 is 0 Å². The smallest absolute Gasteiger partial charge is 0.303 e. The zero-order valence-corrected chi connectivity index (χ0v) is 7.23. The molecule has 3 N–H and O–H groups in total. The number of H-pyrrole nitrogens is 3. The molecule has 0 unspecified atom stereocenters. The standard InChI is InChI=1S/C5H3BrN4O2/c6-3-1-2(9-10-3)4(11)8-5(12)7-1/h(H,9,10)(H2,7,8,11,12). The Morgan fingerprint density at radius 3 is 2.75 bits per heavy atom. The summed E-state index contributed by atoms with van der Waals surface area (Å²) >= 11 is 3.09. The number of hydrogen-bond acceptors (Lipinski definition) is 3. The van der Waals surface area contributed by atoms with Gasteiger partial charge in [-0.05, 0) is 15.9 Å². The highest BCUT2D eigenvalue weighted by Crippen LogP contribution is 2.12. The van der Waals surface area contributed by atoms with Crippen molar-refractivity contribution in [2.24, 2.45) is 0 Å². The first-order valence-electron chi connectivity index (χ1n) is 3.04. The normalized spacial score (nSPS) is 10.8. The van der Waals surface area contributed by atoms with E-state index < -0.39 is 11.2 Å². The van der Waals surface area contributed by atoms with Crippen molar-refractivity contribution in [3.63, 3.8) is 0 Å². The number of nitrogens with one attached hydrogen (secondary N) is 3. The predicted octanol–water partition coefficient (Wildman–Crippen LogP) is -0.298. The first kappa shape index (κ1) is 7.29. The van der Waals surface area contributed by atoms with Crippen molar-refractivity contribution in [2.45, 2.75) is 0 Å². The van der Waals surface area contributed by atoms with Crippen molar-refractivity contribution in [3.8, 4) is 0 Å². The monoisotopic (exact) mass is 230 g/mol. The van der Waals surface area contributed by atoms with Gasteiger partial charge in [-0.15, -0.1) is 0 Å². The van der Waals surface area contributed by atoms with Crippen LogP contribution < -0.4 is 11.2 Å². The van der Waals surface area contributed by atoms with Crippen LogP contribution in [0.3, 0.4) is 0 Å². The SMILES string of the molecule is O=c1[nH]c(=O)c2n[nH]c(Br)c2[nH]1. The van der Waals surface area contributed by atoms with Crippen LogP contribution in [-0.4, -0.2) is 20.2 Å². The highest BCUT2D eigenvalue weighted by Gasteiger charge is 2.06. The lowest BCUT2D eigenvalue weighted by Gasteiger charge is -1.85. The zero-order valence-electron chi connectivity index (χ0n) is 5.64. The van der Waals surface area contributed by atoms with Crippen LogP contribution in [0.1, 0.15) is 0 Å². The molecule has 2 aromatic rings. The van der Waals surface area contributed by atoms with Crippen molar-refractivity contribution in [1.29, 1.82) is 0 Å². The summed E-state index contributed by atoms with van der Waals surface area (Å²) in [6.45, 7) is 0. The quantitative estimate of drug-likeness (QED) is 0.580.